The van der Waals surface area contributed by atoms with E-state index in [2.05, 4.69) is 15.6 Å². The van der Waals surface area contributed by atoms with Gasteiger partial charge in [-0.25, -0.2) is 0 Å². The second-order valence-corrected chi connectivity index (χ2v) is 4.97. The number of halogens is 2. The Kier molecular flexibility index (Phi) is 7.29. The zero-order valence-electron chi connectivity index (χ0n) is 12.7. The number of carbonyl (C=O) groups is 1. The maximum absolute atomic E-state index is 12.3. The average molecular weight is 356 g/mol. The Balaban J connectivity index is 0.00000132. The molecule has 0 saturated carbocycles. The molecule has 3 rings (SSSR count). The number of carbonyl (C=O) groups excluding carboxylic acids is 1. The normalized spacial score (nSPS) is 12.6. The molecule has 1 aromatic carbocycles. The molecule has 1 aliphatic heterocycles. The molecule has 2 aromatic rings. The highest BCUT2D eigenvalue weighted by molar-refractivity contribution is 6.03. The molecule has 2 N–H and O–H groups in total. The lowest BCUT2D eigenvalue weighted by Crippen LogP contribution is -2.16. The first-order valence-electron chi connectivity index (χ1n) is 6.93. The molecule has 2 heterocycles. The lowest BCUT2D eigenvalue weighted by atomic mass is 10.1. The van der Waals surface area contributed by atoms with Crippen LogP contribution in [0.25, 0.3) is 0 Å². The Labute approximate surface area is 147 Å². The fourth-order valence-corrected chi connectivity index (χ4v) is 2.31. The molecule has 23 heavy (non-hydrogen) atoms. The van der Waals surface area contributed by atoms with E-state index in [1.807, 2.05) is 37.3 Å². The number of aryl methyl sites for hydroxylation is 1. The third kappa shape index (κ3) is 4.58. The second-order valence-electron chi connectivity index (χ2n) is 4.97. The molecular formula is C16H19Cl2N3O2. The summed E-state index contributed by atoms with van der Waals surface area (Å²) in [4.78, 5) is 16.4. The van der Waals surface area contributed by atoms with Gasteiger partial charge in [0.2, 0.25) is 0 Å². The van der Waals surface area contributed by atoms with Crippen molar-refractivity contribution in [2.45, 2.75) is 13.5 Å². The van der Waals surface area contributed by atoms with Gasteiger partial charge in [-0.1, -0.05) is 6.07 Å². The van der Waals surface area contributed by atoms with Crippen LogP contribution >= 0.6 is 24.8 Å². The van der Waals surface area contributed by atoms with Gasteiger partial charge in [-0.3, -0.25) is 9.78 Å². The van der Waals surface area contributed by atoms with Crippen LogP contribution in [0.1, 0.15) is 21.6 Å². The summed E-state index contributed by atoms with van der Waals surface area (Å²) >= 11 is 0. The zero-order valence-corrected chi connectivity index (χ0v) is 14.3. The lowest BCUT2D eigenvalue weighted by Gasteiger charge is -2.10. The summed E-state index contributed by atoms with van der Waals surface area (Å²) in [5.41, 5.74) is 3.09. The van der Waals surface area contributed by atoms with Gasteiger partial charge in [0, 0.05) is 30.5 Å². The summed E-state index contributed by atoms with van der Waals surface area (Å²) in [5.74, 6) is 0.669. The summed E-state index contributed by atoms with van der Waals surface area (Å²) in [6.07, 6.45) is 1.62. The van der Waals surface area contributed by atoms with Gasteiger partial charge in [0.25, 0.3) is 5.91 Å². The number of fused-ring (bicyclic) bond motifs is 1. The van der Waals surface area contributed by atoms with Crippen LogP contribution < -0.4 is 15.4 Å². The largest absolute Gasteiger partial charge is 0.492 e. The minimum atomic E-state index is -0.199. The number of ether oxygens (including phenoxy) is 1. The van der Waals surface area contributed by atoms with Gasteiger partial charge in [0.05, 0.1) is 0 Å². The molecule has 0 radical (unpaired) electrons. The standard InChI is InChI=1S/C16H17N3O2.2ClH/c1-11-3-2-6-18-15(11)16(20)19-13-4-5-14-12(9-13)10-17-7-8-21-14;;/h2-6,9,17H,7-8,10H2,1H3,(H,19,20);2*1H. The van der Waals surface area contributed by atoms with Gasteiger partial charge in [-0.2, -0.15) is 0 Å². The van der Waals surface area contributed by atoms with E-state index >= 15 is 0 Å². The van der Waals surface area contributed by atoms with Crippen LogP contribution in [0, 0.1) is 6.92 Å². The van der Waals surface area contributed by atoms with Crippen molar-refractivity contribution >= 4 is 36.4 Å². The number of benzene rings is 1. The Morgan fingerprint density at radius 1 is 1.30 bits per heavy atom. The van der Waals surface area contributed by atoms with Crippen molar-refractivity contribution in [1.82, 2.24) is 10.3 Å². The first-order chi connectivity index (χ1) is 10.2. The van der Waals surface area contributed by atoms with Crippen LogP contribution in [-0.4, -0.2) is 24.0 Å². The molecular weight excluding hydrogens is 337 g/mol. The first-order valence-corrected chi connectivity index (χ1v) is 6.93. The number of hydrogen-bond donors (Lipinski definition) is 2. The van der Waals surface area contributed by atoms with Crippen LogP contribution in [0.2, 0.25) is 0 Å². The molecule has 5 nitrogen and oxygen atoms in total. The molecule has 1 amide bonds. The third-order valence-corrected chi connectivity index (χ3v) is 3.39. The molecule has 0 unspecified atom stereocenters. The van der Waals surface area contributed by atoms with Crippen molar-refractivity contribution in [2.75, 3.05) is 18.5 Å². The fourth-order valence-electron chi connectivity index (χ4n) is 2.31. The van der Waals surface area contributed by atoms with Crippen LogP contribution in [0.3, 0.4) is 0 Å². The molecule has 0 aliphatic carbocycles. The number of anilines is 1. The van der Waals surface area contributed by atoms with E-state index in [0.29, 0.717) is 12.3 Å². The quantitative estimate of drug-likeness (QED) is 0.869. The molecule has 0 bridgehead atoms. The van der Waals surface area contributed by atoms with Gasteiger partial charge in [-0.15, -0.1) is 24.8 Å². The number of rotatable bonds is 2. The summed E-state index contributed by atoms with van der Waals surface area (Å²) in [6.45, 7) is 4.09. The van der Waals surface area contributed by atoms with E-state index in [0.717, 1.165) is 35.7 Å². The van der Waals surface area contributed by atoms with E-state index < -0.39 is 0 Å². The van der Waals surface area contributed by atoms with Crippen LogP contribution in [0.15, 0.2) is 36.5 Å². The number of amides is 1. The van der Waals surface area contributed by atoms with Crippen LogP contribution in [0.5, 0.6) is 5.75 Å². The van der Waals surface area contributed by atoms with E-state index in [-0.39, 0.29) is 30.7 Å². The summed E-state index contributed by atoms with van der Waals surface area (Å²) < 4.78 is 5.62. The van der Waals surface area contributed by atoms with E-state index in [4.69, 9.17) is 4.74 Å². The second kappa shape index (κ2) is 8.72. The van der Waals surface area contributed by atoms with E-state index in [1.54, 1.807) is 6.20 Å². The molecule has 0 saturated heterocycles. The topological polar surface area (TPSA) is 63.2 Å². The van der Waals surface area contributed by atoms with E-state index in [1.165, 1.54) is 0 Å². The van der Waals surface area contributed by atoms with Gasteiger partial charge < -0.3 is 15.4 Å². The maximum atomic E-state index is 12.3. The minimum absolute atomic E-state index is 0. The predicted molar refractivity (Wildman–Crippen MR) is 95.1 cm³/mol. The van der Waals surface area contributed by atoms with E-state index in [9.17, 15) is 4.79 Å². The predicted octanol–water partition coefficient (Wildman–Crippen LogP) is 2.97. The highest BCUT2D eigenvalue weighted by Gasteiger charge is 2.13. The summed E-state index contributed by atoms with van der Waals surface area (Å²) in [7, 11) is 0. The Bertz CT molecular complexity index is 680. The molecule has 0 atom stereocenters. The van der Waals surface area contributed by atoms with Gasteiger partial charge in [-0.05, 0) is 36.8 Å². The van der Waals surface area contributed by atoms with Crippen molar-refractivity contribution in [1.29, 1.82) is 0 Å². The Morgan fingerprint density at radius 3 is 2.91 bits per heavy atom. The average Bonchev–Trinajstić information content (AvgIpc) is 2.72. The lowest BCUT2D eigenvalue weighted by molar-refractivity contribution is 0.102. The highest BCUT2D eigenvalue weighted by atomic mass is 35.5. The minimum Gasteiger partial charge on any atom is -0.492 e. The van der Waals surface area contributed by atoms with Crippen LogP contribution in [0.4, 0.5) is 5.69 Å². The molecule has 1 aliphatic rings. The molecule has 7 heteroatoms. The summed E-state index contributed by atoms with van der Waals surface area (Å²) in [6, 6.07) is 9.36. The SMILES string of the molecule is Cc1cccnc1C(=O)Nc1ccc2c(c1)CNCCO2.Cl.Cl. The zero-order chi connectivity index (χ0) is 14.7. The molecule has 0 fully saturated rings. The monoisotopic (exact) mass is 355 g/mol. The Hall–Kier alpha value is -1.82. The van der Waals surface area contributed by atoms with Crippen molar-refractivity contribution in [2.24, 2.45) is 0 Å². The number of hydrogen-bond acceptors (Lipinski definition) is 4. The molecule has 124 valence electrons. The summed E-state index contributed by atoms with van der Waals surface area (Å²) in [5, 5.41) is 6.16. The highest BCUT2D eigenvalue weighted by Crippen LogP contribution is 2.24. The number of nitrogens with zero attached hydrogens (tertiary/aromatic N) is 1. The first kappa shape index (κ1) is 19.2. The third-order valence-electron chi connectivity index (χ3n) is 3.39. The van der Waals surface area contributed by atoms with Gasteiger partial charge >= 0.3 is 0 Å². The molecule has 1 aromatic heterocycles. The van der Waals surface area contributed by atoms with Crippen LogP contribution in [-0.2, 0) is 6.54 Å². The Morgan fingerprint density at radius 2 is 2.13 bits per heavy atom. The molecule has 0 spiro atoms. The van der Waals surface area contributed by atoms with Crippen molar-refractivity contribution < 1.29 is 9.53 Å². The van der Waals surface area contributed by atoms with Gasteiger partial charge in [0.15, 0.2) is 0 Å². The smallest absolute Gasteiger partial charge is 0.274 e. The number of nitrogens with one attached hydrogen (secondary N) is 2. The fraction of sp³-hybridized carbons (Fsp3) is 0.250. The number of aromatic nitrogens is 1. The van der Waals surface area contributed by atoms with Crippen molar-refractivity contribution in [3.63, 3.8) is 0 Å². The van der Waals surface area contributed by atoms with Crippen molar-refractivity contribution in [3.8, 4) is 5.75 Å². The number of pyridine rings is 1. The van der Waals surface area contributed by atoms with Crippen molar-refractivity contribution in [3.05, 3.63) is 53.3 Å². The van der Waals surface area contributed by atoms with Gasteiger partial charge in [0.1, 0.15) is 18.1 Å². The maximum Gasteiger partial charge on any atom is 0.274 e.